The van der Waals surface area contributed by atoms with Crippen molar-refractivity contribution in [1.29, 1.82) is 0 Å². The molecule has 0 saturated heterocycles. The summed E-state index contributed by atoms with van der Waals surface area (Å²) in [5.41, 5.74) is 0. The van der Waals surface area contributed by atoms with Gasteiger partial charge in [0.15, 0.2) is 6.10 Å². The normalized spacial score (nSPS) is 12.5. The van der Waals surface area contributed by atoms with Crippen molar-refractivity contribution in [2.45, 2.75) is 258 Å². The molecular formula is C55H96O6. The van der Waals surface area contributed by atoms with Crippen molar-refractivity contribution in [3.63, 3.8) is 0 Å². The molecule has 352 valence electrons. The third kappa shape index (κ3) is 48.0. The third-order valence-electron chi connectivity index (χ3n) is 11.0. The van der Waals surface area contributed by atoms with Crippen molar-refractivity contribution in [1.82, 2.24) is 0 Å². The van der Waals surface area contributed by atoms with Gasteiger partial charge in [-0.2, -0.15) is 0 Å². The van der Waals surface area contributed by atoms with Crippen LogP contribution in [-0.2, 0) is 28.6 Å². The minimum absolute atomic E-state index is 0.0862. The molecule has 0 radical (unpaired) electrons. The lowest BCUT2D eigenvalue weighted by Gasteiger charge is -2.18. The first kappa shape index (κ1) is 58.1. The summed E-state index contributed by atoms with van der Waals surface area (Å²) < 4.78 is 16.7. The first-order valence-corrected chi connectivity index (χ1v) is 25.8. The lowest BCUT2D eigenvalue weighted by molar-refractivity contribution is -0.167. The largest absolute Gasteiger partial charge is 0.462 e. The fraction of sp³-hybridized carbons (Fsp3) is 0.764. The molecule has 0 bridgehead atoms. The predicted octanol–water partition coefficient (Wildman–Crippen LogP) is 16.9. The number of unbranched alkanes of at least 4 members (excludes halogenated alkanes) is 25. The van der Waals surface area contributed by atoms with Gasteiger partial charge >= 0.3 is 17.9 Å². The second-order valence-electron chi connectivity index (χ2n) is 17.1. The minimum Gasteiger partial charge on any atom is -0.462 e. The summed E-state index contributed by atoms with van der Waals surface area (Å²) in [6.07, 6.45) is 60.6. The van der Waals surface area contributed by atoms with Gasteiger partial charge in [0.05, 0.1) is 0 Å². The molecule has 0 saturated carbocycles. The maximum atomic E-state index is 12.8. The number of ether oxygens (including phenoxy) is 3. The summed E-state index contributed by atoms with van der Waals surface area (Å²) in [7, 11) is 0. The molecule has 0 aromatic heterocycles. The van der Waals surface area contributed by atoms with Crippen molar-refractivity contribution in [3.8, 4) is 0 Å². The second kappa shape index (κ2) is 49.8. The van der Waals surface area contributed by atoms with Crippen molar-refractivity contribution in [2.24, 2.45) is 0 Å². The second-order valence-corrected chi connectivity index (χ2v) is 17.1. The lowest BCUT2D eigenvalue weighted by atomic mass is 10.0. The minimum atomic E-state index is -0.788. The molecule has 0 fully saturated rings. The highest BCUT2D eigenvalue weighted by Crippen LogP contribution is 2.14. The molecular weight excluding hydrogens is 757 g/mol. The fourth-order valence-electron chi connectivity index (χ4n) is 7.07. The molecule has 6 nitrogen and oxygen atoms in total. The van der Waals surface area contributed by atoms with E-state index >= 15 is 0 Å². The van der Waals surface area contributed by atoms with Crippen LogP contribution in [0.5, 0.6) is 0 Å². The number of carbonyl (C=O) groups excluding carboxylic acids is 3. The van der Waals surface area contributed by atoms with Crippen LogP contribution in [0.15, 0.2) is 60.8 Å². The third-order valence-corrected chi connectivity index (χ3v) is 11.0. The molecule has 6 heteroatoms. The molecule has 61 heavy (non-hydrogen) atoms. The molecule has 0 aliphatic heterocycles. The van der Waals surface area contributed by atoms with Crippen LogP contribution in [0.2, 0.25) is 0 Å². The van der Waals surface area contributed by atoms with E-state index in [1.165, 1.54) is 116 Å². The van der Waals surface area contributed by atoms with Crippen LogP contribution < -0.4 is 0 Å². The van der Waals surface area contributed by atoms with Gasteiger partial charge in [0.2, 0.25) is 0 Å². The Morgan fingerprint density at radius 2 is 0.590 bits per heavy atom. The Kier molecular flexibility index (Phi) is 47.4. The summed E-state index contributed by atoms with van der Waals surface area (Å²) in [5.74, 6) is -0.924. The zero-order chi connectivity index (χ0) is 44.4. The van der Waals surface area contributed by atoms with Gasteiger partial charge in [-0.05, 0) is 89.9 Å². The van der Waals surface area contributed by atoms with Crippen molar-refractivity contribution >= 4 is 17.9 Å². The Morgan fingerprint density at radius 3 is 0.984 bits per heavy atom. The summed E-state index contributed by atoms with van der Waals surface area (Å²) in [4.78, 5) is 37.9. The Morgan fingerprint density at radius 1 is 0.328 bits per heavy atom. The van der Waals surface area contributed by atoms with E-state index in [1.807, 2.05) is 0 Å². The Hall–Kier alpha value is -2.89. The molecule has 0 amide bonds. The topological polar surface area (TPSA) is 78.9 Å². The van der Waals surface area contributed by atoms with Gasteiger partial charge in [-0.25, -0.2) is 0 Å². The highest BCUT2D eigenvalue weighted by atomic mass is 16.6. The highest BCUT2D eigenvalue weighted by Gasteiger charge is 2.19. The Balaban J connectivity index is 4.41. The smallest absolute Gasteiger partial charge is 0.306 e. The van der Waals surface area contributed by atoms with Gasteiger partial charge in [0.25, 0.3) is 0 Å². The molecule has 0 unspecified atom stereocenters. The van der Waals surface area contributed by atoms with E-state index < -0.39 is 6.10 Å². The van der Waals surface area contributed by atoms with Gasteiger partial charge in [-0.3, -0.25) is 14.4 Å². The van der Waals surface area contributed by atoms with Crippen LogP contribution in [0.1, 0.15) is 252 Å². The van der Waals surface area contributed by atoms with Crippen LogP contribution in [0, 0.1) is 0 Å². The van der Waals surface area contributed by atoms with E-state index in [-0.39, 0.29) is 31.1 Å². The Bertz CT molecular complexity index is 1120. The average Bonchev–Trinajstić information content (AvgIpc) is 3.26. The summed E-state index contributed by atoms with van der Waals surface area (Å²) in [5, 5.41) is 0. The molecule has 0 N–H and O–H groups in total. The molecule has 0 aromatic carbocycles. The van der Waals surface area contributed by atoms with E-state index in [0.29, 0.717) is 19.3 Å². The number of esters is 3. The van der Waals surface area contributed by atoms with E-state index in [1.54, 1.807) is 0 Å². The summed E-state index contributed by atoms with van der Waals surface area (Å²) in [6.45, 7) is 6.55. The molecule has 0 rings (SSSR count). The fourth-order valence-corrected chi connectivity index (χ4v) is 7.07. The maximum absolute atomic E-state index is 12.8. The Labute approximate surface area is 377 Å². The van der Waals surface area contributed by atoms with E-state index in [9.17, 15) is 14.4 Å². The van der Waals surface area contributed by atoms with Gasteiger partial charge < -0.3 is 14.2 Å². The summed E-state index contributed by atoms with van der Waals surface area (Å²) in [6, 6.07) is 0. The number of hydrogen-bond acceptors (Lipinski definition) is 6. The lowest BCUT2D eigenvalue weighted by Crippen LogP contribution is -2.30. The predicted molar refractivity (Wildman–Crippen MR) is 261 cm³/mol. The number of rotatable bonds is 46. The van der Waals surface area contributed by atoms with E-state index in [0.717, 1.165) is 96.3 Å². The molecule has 0 aromatic rings. The van der Waals surface area contributed by atoms with Crippen LogP contribution in [-0.4, -0.2) is 37.2 Å². The number of hydrogen-bond donors (Lipinski definition) is 0. The SMILES string of the molecule is CCCCC/C=C\C/C=C\C/C=C\C/C=C\CCCCCC(=O)OC[C@@H](COC(=O)CCCCCCCCCCCCCC)OC(=O)CCCCCCC/C=C\CCCCC. The molecule has 0 heterocycles. The van der Waals surface area contributed by atoms with Gasteiger partial charge in [0.1, 0.15) is 13.2 Å². The van der Waals surface area contributed by atoms with E-state index in [4.69, 9.17) is 14.2 Å². The van der Waals surface area contributed by atoms with Crippen LogP contribution in [0.4, 0.5) is 0 Å². The van der Waals surface area contributed by atoms with Crippen LogP contribution in [0.3, 0.4) is 0 Å². The quantitative estimate of drug-likeness (QED) is 0.0263. The first-order valence-electron chi connectivity index (χ1n) is 25.8. The zero-order valence-corrected chi connectivity index (χ0v) is 40.2. The van der Waals surface area contributed by atoms with Gasteiger partial charge in [-0.1, -0.05) is 204 Å². The maximum Gasteiger partial charge on any atom is 0.306 e. The standard InChI is InChI=1S/C55H96O6/c1-4-7-10-13-16-19-22-25-26-27-28-29-30-31-34-36-39-42-45-48-54(57)60-51-52(61-55(58)49-46-43-40-37-33-24-21-18-15-12-9-6-3)50-59-53(56)47-44-41-38-35-32-23-20-17-14-11-8-5-2/h16,18-19,21,25-26,28-29,31,34,52H,4-15,17,20,22-24,27,30,32-33,35-51H2,1-3H3/b19-16-,21-18-,26-25-,29-28-,34-31-/t52-/m1/s1. The van der Waals surface area contributed by atoms with Crippen LogP contribution >= 0.6 is 0 Å². The monoisotopic (exact) mass is 853 g/mol. The number of allylic oxidation sites excluding steroid dienone is 10. The zero-order valence-electron chi connectivity index (χ0n) is 40.2. The van der Waals surface area contributed by atoms with Crippen molar-refractivity contribution in [3.05, 3.63) is 60.8 Å². The molecule has 0 aliphatic carbocycles. The van der Waals surface area contributed by atoms with Crippen molar-refractivity contribution < 1.29 is 28.6 Å². The van der Waals surface area contributed by atoms with Crippen molar-refractivity contribution in [2.75, 3.05) is 13.2 Å². The molecule has 1 atom stereocenters. The van der Waals surface area contributed by atoms with E-state index in [2.05, 4.69) is 81.5 Å². The molecule has 0 aliphatic rings. The van der Waals surface area contributed by atoms with Crippen LogP contribution in [0.25, 0.3) is 0 Å². The summed E-state index contributed by atoms with van der Waals surface area (Å²) >= 11 is 0. The first-order chi connectivity index (χ1) is 30.0. The average molecular weight is 853 g/mol. The van der Waals surface area contributed by atoms with Gasteiger partial charge in [-0.15, -0.1) is 0 Å². The highest BCUT2D eigenvalue weighted by molar-refractivity contribution is 5.71. The number of carbonyl (C=O) groups is 3. The molecule has 0 spiro atoms. The van der Waals surface area contributed by atoms with Gasteiger partial charge in [0, 0.05) is 19.3 Å².